The van der Waals surface area contributed by atoms with Crippen molar-refractivity contribution in [3.63, 3.8) is 0 Å². The Labute approximate surface area is 90.7 Å². The van der Waals surface area contributed by atoms with Gasteiger partial charge in [0.05, 0.1) is 5.69 Å². The van der Waals surface area contributed by atoms with E-state index >= 15 is 0 Å². The second-order valence-corrected chi connectivity index (χ2v) is 4.68. The highest BCUT2D eigenvalue weighted by Crippen LogP contribution is 2.17. The maximum atomic E-state index is 11.5. The zero-order chi connectivity index (χ0) is 11.6. The molecule has 0 spiro atoms. The van der Waals surface area contributed by atoms with Gasteiger partial charge in [-0.1, -0.05) is 0 Å². The monoisotopic (exact) mass is 209 g/mol. The molecule has 0 saturated carbocycles. The Bertz CT molecular complexity index is 360. The van der Waals surface area contributed by atoms with Crippen molar-refractivity contribution in [2.45, 2.75) is 26.3 Å². The van der Waals surface area contributed by atoms with Gasteiger partial charge in [0.2, 0.25) is 0 Å². The summed E-state index contributed by atoms with van der Waals surface area (Å²) in [7, 11) is 3.49. The van der Waals surface area contributed by atoms with Crippen LogP contribution in [0.3, 0.4) is 0 Å². The highest BCUT2D eigenvalue weighted by atomic mass is 16.1. The fraction of sp³-hybridized carbons (Fsp3) is 0.545. The van der Waals surface area contributed by atoms with Gasteiger partial charge in [0, 0.05) is 25.8 Å². The second-order valence-electron chi connectivity index (χ2n) is 4.68. The third-order valence-electron chi connectivity index (χ3n) is 1.98. The molecule has 0 aliphatic heterocycles. The molecule has 1 amide bonds. The molecule has 0 aliphatic rings. The minimum atomic E-state index is -0.0699. The zero-order valence-corrected chi connectivity index (χ0v) is 10.0. The summed E-state index contributed by atoms with van der Waals surface area (Å²) in [6, 6.07) is 1.85. The molecule has 1 heterocycles. The van der Waals surface area contributed by atoms with E-state index in [0.717, 1.165) is 5.69 Å². The molecule has 0 fully saturated rings. The van der Waals surface area contributed by atoms with Crippen molar-refractivity contribution in [1.82, 2.24) is 9.88 Å². The van der Waals surface area contributed by atoms with Crippen LogP contribution in [0.4, 0.5) is 5.69 Å². The molecule has 4 heteroatoms. The van der Waals surface area contributed by atoms with Crippen LogP contribution in [0.25, 0.3) is 0 Å². The smallest absolute Gasteiger partial charge is 0.267 e. The molecule has 4 nitrogen and oxygen atoms in total. The van der Waals surface area contributed by atoms with Crippen molar-refractivity contribution >= 4 is 11.6 Å². The van der Waals surface area contributed by atoms with Gasteiger partial charge in [-0.05, 0) is 26.8 Å². The minimum Gasteiger partial charge on any atom is -0.379 e. The van der Waals surface area contributed by atoms with Crippen LogP contribution in [0.5, 0.6) is 0 Å². The summed E-state index contributed by atoms with van der Waals surface area (Å²) in [5.74, 6) is -0.0699. The molecule has 0 bridgehead atoms. The van der Waals surface area contributed by atoms with Crippen molar-refractivity contribution in [2.24, 2.45) is 7.05 Å². The summed E-state index contributed by atoms with van der Waals surface area (Å²) in [6.07, 6.45) is 1.91. The van der Waals surface area contributed by atoms with Gasteiger partial charge in [0.15, 0.2) is 0 Å². The molecular formula is C11H19N3O. The first-order valence-corrected chi connectivity index (χ1v) is 5.00. The van der Waals surface area contributed by atoms with Crippen molar-refractivity contribution in [3.8, 4) is 0 Å². The molecule has 0 radical (unpaired) electrons. The number of amides is 1. The number of carbonyl (C=O) groups is 1. The van der Waals surface area contributed by atoms with Crippen LogP contribution in [-0.4, -0.2) is 23.1 Å². The Balaban J connectivity index is 2.91. The molecule has 0 atom stereocenters. The van der Waals surface area contributed by atoms with Crippen molar-refractivity contribution in [2.75, 3.05) is 12.4 Å². The zero-order valence-electron chi connectivity index (χ0n) is 10.0. The number of aromatic nitrogens is 1. The molecule has 1 aromatic rings. The van der Waals surface area contributed by atoms with E-state index in [0.29, 0.717) is 5.69 Å². The molecule has 84 valence electrons. The Hall–Kier alpha value is -1.45. The number of anilines is 1. The standard InChI is InChI=1S/C11H19N3O/c1-11(2,3)13-8-6-9(10(15)12-4)14(5)7-8/h6-7,13H,1-5H3,(H,12,15). The minimum absolute atomic E-state index is 0.00130. The van der Waals surface area contributed by atoms with Crippen LogP contribution in [0, 0.1) is 0 Å². The number of nitrogens with one attached hydrogen (secondary N) is 2. The lowest BCUT2D eigenvalue weighted by molar-refractivity contribution is 0.0955. The average molecular weight is 209 g/mol. The summed E-state index contributed by atoms with van der Waals surface area (Å²) in [5, 5.41) is 5.93. The summed E-state index contributed by atoms with van der Waals surface area (Å²) in [5.41, 5.74) is 1.62. The number of carbonyl (C=O) groups excluding carboxylic acids is 1. The molecule has 0 aromatic carbocycles. The third kappa shape index (κ3) is 3.01. The van der Waals surface area contributed by atoms with Crippen LogP contribution >= 0.6 is 0 Å². The topological polar surface area (TPSA) is 46.1 Å². The largest absolute Gasteiger partial charge is 0.379 e. The molecule has 15 heavy (non-hydrogen) atoms. The number of nitrogens with zero attached hydrogens (tertiary/aromatic N) is 1. The van der Waals surface area contributed by atoms with Crippen molar-refractivity contribution in [1.29, 1.82) is 0 Å². The van der Waals surface area contributed by atoms with E-state index in [1.807, 2.05) is 23.9 Å². The van der Waals surface area contributed by atoms with E-state index in [1.165, 1.54) is 0 Å². The van der Waals surface area contributed by atoms with Crippen molar-refractivity contribution < 1.29 is 4.79 Å². The van der Waals surface area contributed by atoms with Crippen LogP contribution in [0.1, 0.15) is 31.3 Å². The number of aryl methyl sites for hydroxylation is 1. The summed E-state index contributed by atoms with van der Waals surface area (Å²) in [4.78, 5) is 11.5. The van der Waals surface area contributed by atoms with E-state index in [1.54, 1.807) is 7.05 Å². The predicted octanol–water partition coefficient (Wildman–Crippen LogP) is 1.60. The lowest BCUT2D eigenvalue weighted by Crippen LogP contribution is -2.25. The number of hydrogen-bond donors (Lipinski definition) is 2. The van der Waals surface area contributed by atoms with E-state index < -0.39 is 0 Å². The Morgan fingerprint density at radius 2 is 2.00 bits per heavy atom. The van der Waals surface area contributed by atoms with Gasteiger partial charge in [-0.15, -0.1) is 0 Å². The molecule has 1 aromatic heterocycles. The fourth-order valence-electron chi connectivity index (χ4n) is 1.42. The summed E-state index contributed by atoms with van der Waals surface area (Å²) in [6.45, 7) is 6.25. The van der Waals surface area contributed by atoms with Gasteiger partial charge in [-0.2, -0.15) is 0 Å². The maximum absolute atomic E-state index is 11.5. The quantitative estimate of drug-likeness (QED) is 0.777. The van der Waals surface area contributed by atoms with E-state index in [4.69, 9.17) is 0 Å². The van der Waals surface area contributed by atoms with Gasteiger partial charge >= 0.3 is 0 Å². The van der Waals surface area contributed by atoms with E-state index in [2.05, 4.69) is 31.4 Å². The first kappa shape index (κ1) is 11.6. The molecule has 0 saturated heterocycles. The highest BCUT2D eigenvalue weighted by Gasteiger charge is 2.14. The van der Waals surface area contributed by atoms with Crippen molar-refractivity contribution in [3.05, 3.63) is 18.0 Å². The molecule has 2 N–H and O–H groups in total. The van der Waals surface area contributed by atoms with Crippen LogP contribution in [-0.2, 0) is 7.05 Å². The van der Waals surface area contributed by atoms with Gasteiger partial charge in [-0.3, -0.25) is 4.79 Å². The Kier molecular flexibility index (Phi) is 3.07. The number of hydrogen-bond acceptors (Lipinski definition) is 2. The van der Waals surface area contributed by atoms with Gasteiger partial charge in [0.25, 0.3) is 5.91 Å². The second kappa shape index (κ2) is 3.96. The fourth-order valence-corrected chi connectivity index (χ4v) is 1.42. The molecule has 1 rings (SSSR count). The summed E-state index contributed by atoms with van der Waals surface area (Å²) >= 11 is 0. The van der Waals surface area contributed by atoms with Crippen LogP contribution in [0.15, 0.2) is 12.3 Å². The molecule has 0 unspecified atom stereocenters. The van der Waals surface area contributed by atoms with E-state index in [-0.39, 0.29) is 11.4 Å². The molecule has 0 aliphatic carbocycles. The Morgan fingerprint density at radius 3 is 2.47 bits per heavy atom. The first-order valence-electron chi connectivity index (χ1n) is 5.00. The third-order valence-corrected chi connectivity index (χ3v) is 1.98. The van der Waals surface area contributed by atoms with E-state index in [9.17, 15) is 4.79 Å². The number of rotatable bonds is 2. The average Bonchev–Trinajstić information content (AvgIpc) is 2.42. The first-order chi connectivity index (χ1) is 6.83. The summed E-state index contributed by atoms with van der Waals surface area (Å²) < 4.78 is 1.81. The lowest BCUT2D eigenvalue weighted by Gasteiger charge is -2.20. The van der Waals surface area contributed by atoms with Gasteiger partial charge in [0.1, 0.15) is 5.69 Å². The SMILES string of the molecule is CNC(=O)c1cc(NC(C)(C)C)cn1C. The maximum Gasteiger partial charge on any atom is 0.267 e. The Morgan fingerprint density at radius 1 is 1.40 bits per heavy atom. The van der Waals surface area contributed by atoms with Crippen LogP contribution in [0.2, 0.25) is 0 Å². The molecular weight excluding hydrogens is 190 g/mol. The van der Waals surface area contributed by atoms with Crippen LogP contribution < -0.4 is 10.6 Å². The highest BCUT2D eigenvalue weighted by molar-refractivity contribution is 5.93. The normalized spacial score (nSPS) is 11.3. The van der Waals surface area contributed by atoms with Gasteiger partial charge in [-0.25, -0.2) is 0 Å². The lowest BCUT2D eigenvalue weighted by atomic mass is 10.1. The van der Waals surface area contributed by atoms with Gasteiger partial charge < -0.3 is 15.2 Å². The predicted molar refractivity (Wildman–Crippen MR) is 62.2 cm³/mol.